The highest BCUT2D eigenvalue weighted by Crippen LogP contribution is 2.46. The quantitative estimate of drug-likeness (QED) is 0.0601. The van der Waals surface area contributed by atoms with Gasteiger partial charge >= 0.3 is 6.18 Å². The molecule has 334 valence electrons. The Labute approximate surface area is 371 Å². The van der Waals surface area contributed by atoms with Gasteiger partial charge in [0.1, 0.15) is 23.5 Å². The average Bonchev–Trinajstić information content (AvgIpc) is 3.76. The molecule has 2 aliphatic heterocycles. The zero-order valence-electron chi connectivity index (χ0n) is 34.7. The molecule has 8 rings (SSSR count). The normalized spacial score (nSPS) is 16.7. The molecule has 0 bridgehead atoms. The first-order chi connectivity index (χ1) is 31.0. The zero-order chi connectivity index (χ0) is 46.4. The number of aryl methyl sites for hydroxylation is 1. The van der Waals surface area contributed by atoms with E-state index in [-0.39, 0.29) is 59.8 Å². The van der Waals surface area contributed by atoms with Crippen LogP contribution in [0.4, 0.5) is 44.7 Å². The molecule has 65 heavy (non-hydrogen) atoms. The Balaban J connectivity index is 0.820. The van der Waals surface area contributed by atoms with Crippen LogP contribution in [-0.4, -0.2) is 67.2 Å². The minimum Gasteiger partial charge on any atom is -0.490 e. The van der Waals surface area contributed by atoms with Gasteiger partial charge in [0.05, 0.1) is 65.6 Å². The van der Waals surface area contributed by atoms with Crippen LogP contribution in [0.5, 0.6) is 5.75 Å². The van der Waals surface area contributed by atoms with E-state index >= 15 is 4.39 Å². The number of nitrogens with zero attached hydrogens (tertiary/aromatic N) is 7. The number of ether oxygens (including phenoxy) is 2. The highest BCUT2D eigenvalue weighted by Gasteiger charge is 2.51. The Morgan fingerprint density at radius 1 is 1.00 bits per heavy atom. The van der Waals surface area contributed by atoms with Crippen LogP contribution in [0, 0.1) is 23.0 Å². The van der Waals surface area contributed by atoms with Crippen molar-refractivity contribution in [2.75, 3.05) is 40.3 Å². The second-order valence-electron chi connectivity index (χ2n) is 15.7. The maximum atomic E-state index is 15.3. The van der Waals surface area contributed by atoms with Gasteiger partial charge in [-0.15, -0.1) is 0 Å². The Hall–Kier alpha value is -7.31. The van der Waals surface area contributed by atoms with Crippen molar-refractivity contribution in [3.8, 4) is 11.8 Å². The lowest BCUT2D eigenvalue weighted by atomic mass is 9.83. The zero-order valence-corrected chi connectivity index (χ0v) is 35.5. The molecular formula is C44H37F5N10O5S. The molecule has 1 saturated heterocycles. The first kappa shape index (κ1) is 44.3. The van der Waals surface area contributed by atoms with E-state index in [2.05, 4.69) is 30.9 Å². The Bertz CT molecular complexity index is 2970. The number of benzene rings is 4. The Morgan fingerprint density at radius 3 is 2.45 bits per heavy atom. The molecular weight excluding hydrogens is 876 g/mol. The van der Waals surface area contributed by atoms with Gasteiger partial charge in [0.15, 0.2) is 16.7 Å². The summed E-state index contributed by atoms with van der Waals surface area (Å²) in [7, 11) is 1.74. The van der Waals surface area contributed by atoms with Crippen LogP contribution in [0.15, 0.2) is 83.9 Å². The van der Waals surface area contributed by atoms with Gasteiger partial charge in [-0.3, -0.25) is 24.0 Å². The second kappa shape index (κ2) is 17.3. The summed E-state index contributed by atoms with van der Waals surface area (Å²) in [5, 5.41) is 26.9. The first-order valence-corrected chi connectivity index (χ1v) is 20.4. The number of carbonyl (C=O) groups excluding carboxylic acids is 2. The predicted molar refractivity (Wildman–Crippen MR) is 231 cm³/mol. The van der Waals surface area contributed by atoms with Crippen LogP contribution in [0.25, 0.3) is 10.8 Å². The van der Waals surface area contributed by atoms with Crippen LogP contribution in [0.3, 0.4) is 0 Å². The number of amides is 2. The van der Waals surface area contributed by atoms with Crippen molar-refractivity contribution in [3.63, 3.8) is 0 Å². The molecule has 4 aromatic carbocycles. The minimum atomic E-state index is -4.86. The Kier molecular flexibility index (Phi) is 11.8. The van der Waals surface area contributed by atoms with Crippen molar-refractivity contribution >= 4 is 62.7 Å². The lowest BCUT2D eigenvalue weighted by Gasteiger charge is -2.33. The fourth-order valence-corrected chi connectivity index (χ4v) is 8.51. The van der Waals surface area contributed by atoms with Crippen molar-refractivity contribution in [2.45, 2.75) is 50.4 Å². The number of halogens is 5. The van der Waals surface area contributed by atoms with E-state index in [4.69, 9.17) is 21.7 Å². The van der Waals surface area contributed by atoms with Gasteiger partial charge in [-0.1, -0.05) is 12.1 Å². The second-order valence-corrected chi connectivity index (χ2v) is 16.0. The number of nitrogens with one attached hydrogen (secondary N) is 3. The molecule has 0 aliphatic carbocycles. The molecule has 0 radical (unpaired) electrons. The van der Waals surface area contributed by atoms with E-state index in [0.717, 1.165) is 22.6 Å². The molecule has 6 aromatic rings. The number of rotatable bonds is 13. The third-order valence-corrected chi connectivity index (χ3v) is 11.5. The van der Waals surface area contributed by atoms with Gasteiger partial charge in [-0.05, 0) is 86.2 Å². The lowest BCUT2D eigenvalue weighted by molar-refractivity contribution is -0.137. The van der Waals surface area contributed by atoms with Gasteiger partial charge in [-0.25, -0.2) is 18.9 Å². The van der Waals surface area contributed by atoms with Crippen LogP contribution in [0.1, 0.15) is 66.9 Å². The highest BCUT2D eigenvalue weighted by molar-refractivity contribution is 7.81. The molecule has 2 atom stereocenters. The number of anilines is 4. The third kappa shape index (κ3) is 8.45. The first-order valence-electron chi connectivity index (χ1n) is 20.0. The van der Waals surface area contributed by atoms with Crippen LogP contribution in [0.2, 0.25) is 0 Å². The molecule has 3 N–H and O–H groups in total. The monoisotopic (exact) mass is 912 g/mol. The highest BCUT2D eigenvalue weighted by atomic mass is 32.1. The molecule has 2 amide bonds. The van der Waals surface area contributed by atoms with Crippen molar-refractivity contribution < 1.29 is 41.0 Å². The summed E-state index contributed by atoms with van der Waals surface area (Å²) >= 11 is 5.53. The molecule has 2 aliphatic rings. The summed E-state index contributed by atoms with van der Waals surface area (Å²) in [6.45, 7) is 3.36. The number of thiocarbonyl (C=S) groups is 1. The van der Waals surface area contributed by atoms with Gasteiger partial charge in [0, 0.05) is 48.6 Å². The summed E-state index contributed by atoms with van der Waals surface area (Å²) in [6.07, 6.45) is -3.06. The van der Waals surface area contributed by atoms with Crippen LogP contribution >= 0.6 is 12.2 Å². The van der Waals surface area contributed by atoms with E-state index < -0.39 is 57.9 Å². The standard InChI is InChI=1S/C44H37F5N10O5S/c1-43(2)41(62)58(27-10-7-24(21-50)30(19-27)44(47,48)49)42(65)59(43)28-11-12-33(31(46)20-28)64-15-4-14-63-16-13-34(60)53-26-8-5-23(6-9-26)37-36(39-51-22-52-57(39)3)38-35-29(40(61)56-55-38)17-25(45)18-32(35)54-37/h5-12,17-20,22,36-37,54H,4,13-16H2,1-3H3,(H,53,60)(H,56,61)/t36-,37-/m1/s1. The summed E-state index contributed by atoms with van der Waals surface area (Å²) in [4.78, 5) is 45.6. The molecule has 21 heteroatoms. The van der Waals surface area contributed by atoms with E-state index in [0.29, 0.717) is 40.8 Å². The number of aromatic amines is 1. The van der Waals surface area contributed by atoms with E-state index in [1.165, 1.54) is 61.5 Å². The SMILES string of the molecule is Cn1ncnc1[C@H]1c2n[nH]c(=O)c3cc(F)cc(c23)N[C@@H]1c1ccc(NC(=O)CCOCCCOc2ccc(N3C(=S)N(c4ccc(C#N)c(C(F)(F)F)c4)C(=O)C3(C)C)cc2F)cc1. The van der Waals surface area contributed by atoms with Gasteiger partial charge < -0.3 is 25.0 Å². The third-order valence-electron chi connectivity index (χ3n) is 11.1. The summed E-state index contributed by atoms with van der Waals surface area (Å²) in [5.74, 6) is -2.38. The molecule has 15 nitrogen and oxygen atoms in total. The maximum Gasteiger partial charge on any atom is 0.417 e. The van der Waals surface area contributed by atoms with Crippen molar-refractivity contribution in [1.29, 1.82) is 5.26 Å². The fraction of sp³-hybridized carbons (Fsp3) is 0.273. The molecule has 0 saturated carbocycles. The van der Waals surface area contributed by atoms with Gasteiger partial charge in [-0.2, -0.15) is 28.6 Å². The number of hydrogen-bond donors (Lipinski definition) is 3. The number of H-pyrrole nitrogens is 1. The fourth-order valence-electron chi connectivity index (χ4n) is 7.98. The van der Waals surface area contributed by atoms with Crippen LogP contribution < -0.4 is 30.7 Å². The number of alkyl halides is 3. The molecule has 2 aromatic heterocycles. The molecule has 0 spiro atoms. The summed E-state index contributed by atoms with van der Waals surface area (Å²) in [6, 6.07) is 17.3. The van der Waals surface area contributed by atoms with Crippen molar-refractivity contribution in [1.82, 2.24) is 25.0 Å². The summed E-state index contributed by atoms with van der Waals surface area (Å²) in [5.41, 5.74) is -1.60. The van der Waals surface area contributed by atoms with Crippen molar-refractivity contribution in [2.24, 2.45) is 7.05 Å². The maximum absolute atomic E-state index is 15.3. The van der Waals surface area contributed by atoms with E-state index in [1.807, 2.05) is 12.1 Å². The lowest BCUT2D eigenvalue weighted by Crippen LogP contribution is -2.44. The topological polar surface area (TPSA) is 183 Å². The molecule has 4 heterocycles. The largest absolute Gasteiger partial charge is 0.490 e. The smallest absolute Gasteiger partial charge is 0.417 e. The number of hydrogen-bond acceptors (Lipinski definition) is 11. The Morgan fingerprint density at radius 2 is 1.75 bits per heavy atom. The van der Waals surface area contributed by atoms with Gasteiger partial charge in [0.25, 0.3) is 11.5 Å². The number of nitriles is 1. The average molecular weight is 913 g/mol. The van der Waals surface area contributed by atoms with E-state index in [1.54, 1.807) is 23.9 Å². The summed E-state index contributed by atoms with van der Waals surface area (Å²) < 4.78 is 83.9. The predicted octanol–water partition coefficient (Wildman–Crippen LogP) is 7.25. The number of carbonyl (C=O) groups is 2. The van der Waals surface area contributed by atoms with Crippen LogP contribution in [-0.2, 0) is 27.5 Å². The number of aromatic nitrogens is 5. The van der Waals surface area contributed by atoms with Gasteiger partial charge in [0.2, 0.25) is 5.91 Å². The molecule has 0 unspecified atom stereocenters. The van der Waals surface area contributed by atoms with Crippen molar-refractivity contribution in [3.05, 3.63) is 129 Å². The molecule has 1 fully saturated rings. The minimum absolute atomic E-state index is 0.0383. The van der Waals surface area contributed by atoms with E-state index in [9.17, 15) is 37.2 Å².